The molecule has 0 fully saturated rings. The van der Waals surface area contributed by atoms with E-state index in [2.05, 4.69) is 252 Å². The highest BCUT2D eigenvalue weighted by molar-refractivity contribution is 7.25. The molecule has 0 aliphatic rings. The third-order valence-electron chi connectivity index (χ3n) is 13.8. The standard InChI is InChI=1S/C64H40N2OS/c1-3-13-41(14-4-1)45-17-11-19-47(37-45)43-25-31-51(32-26-43)65-57-35-29-49(39-55(57)61-53-21-7-9-23-59(53)67-63(61)65)50-30-36-58-56(40-50)62-54-22-8-10-24-60(54)68-64(62)66(58)52-33-27-44(28-34-52)48-20-12-18-46(38-48)42-15-5-2-6-16-42/h1-40H. The van der Waals surface area contributed by atoms with Crippen LogP contribution in [0.25, 0.3) is 131 Å². The molecule has 10 aromatic carbocycles. The first-order chi connectivity index (χ1) is 33.7. The van der Waals surface area contributed by atoms with E-state index in [4.69, 9.17) is 4.42 Å². The van der Waals surface area contributed by atoms with Gasteiger partial charge in [0.15, 0.2) is 0 Å². The van der Waals surface area contributed by atoms with Crippen LogP contribution < -0.4 is 0 Å². The van der Waals surface area contributed by atoms with Crippen LogP contribution >= 0.6 is 11.3 Å². The van der Waals surface area contributed by atoms with E-state index in [0.29, 0.717) is 0 Å². The van der Waals surface area contributed by atoms with Gasteiger partial charge in [-0.2, -0.15) is 0 Å². The number of aromatic nitrogens is 2. The fourth-order valence-electron chi connectivity index (χ4n) is 10.5. The molecule has 0 unspecified atom stereocenters. The maximum absolute atomic E-state index is 6.75. The maximum atomic E-state index is 6.75. The van der Waals surface area contributed by atoms with E-state index in [1.807, 2.05) is 11.3 Å². The highest BCUT2D eigenvalue weighted by atomic mass is 32.1. The lowest BCUT2D eigenvalue weighted by atomic mass is 9.99. The van der Waals surface area contributed by atoms with Crippen molar-refractivity contribution >= 4 is 75.5 Å². The van der Waals surface area contributed by atoms with Crippen molar-refractivity contribution in [1.29, 1.82) is 0 Å². The summed E-state index contributed by atoms with van der Waals surface area (Å²) < 4.78 is 12.8. The van der Waals surface area contributed by atoms with E-state index in [9.17, 15) is 0 Å². The normalized spacial score (nSPS) is 11.8. The van der Waals surface area contributed by atoms with Gasteiger partial charge in [-0.3, -0.25) is 4.57 Å². The number of hydrogen-bond acceptors (Lipinski definition) is 2. The summed E-state index contributed by atoms with van der Waals surface area (Å²) in [5.74, 6) is 0. The number of para-hydroxylation sites is 1. The smallest absolute Gasteiger partial charge is 0.213 e. The molecule has 0 bridgehead atoms. The number of rotatable bonds is 7. The van der Waals surface area contributed by atoms with Gasteiger partial charge in [0.2, 0.25) is 5.71 Å². The molecular formula is C64H40N2OS. The number of nitrogens with zero attached hydrogens (tertiary/aromatic N) is 2. The molecule has 0 saturated heterocycles. The molecule has 4 heteroatoms. The second kappa shape index (κ2) is 15.5. The lowest BCUT2D eigenvalue weighted by Crippen LogP contribution is -1.93. The Balaban J connectivity index is 0.877. The van der Waals surface area contributed by atoms with Crippen molar-refractivity contribution in [3.05, 3.63) is 243 Å². The van der Waals surface area contributed by atoms with Gasteiger partial charge in [0.05, 0.1) is 16.4 Å². The molecule has 0 aliphatic heterocycles. The molecule has 14 rings (SSSR count). The van der Waals surface area contributed by atoms with Crippen molar-refractivity contribution in [3.63, 3.8) is 0 Å². The van der Waals surface area contributed by atoms with Crippen LogP contribution in [0.15, 0.2) is 247 Å². The molecule has 0 saturated carbocycles. The number of thiophene rings is 1. The number of fused-ring (bicyclic) bond motifs is 10. The topological polar surface area (TPSA) is 23.0 Å². The van der Waals surface area contributed by atoms with Gasteiger partial charge >= 0.3 is 0 Å². The van der Waals surface area contributed by atoms with Crippen LogP contribution in [0.4, 0.5) is 0 Å². The third kappa shape index (κ3) is 6.19. The van der Waals surface area contributed by atoms with Gasteiger partial charge < -0.3 is 8.98 Å². The molecule has 318 valence electrons. The zero-order chi connectivity index (χ0) is 44.7. The first kappa shape index (κ1) is 38.6. The van der Waals surface area contributed by atoms with Crippen LogP contribution in [0, 0.1) is 0 Å². The van der Waals surface area contributed by atoms with Gasteiger partial charge in [-0.15, -0.1) is 11.3 Å². The summed E-state index contributed by atoms with van der Waals surface area (Å²) in [5.41, 5.74) is 18.2. The van der Waals surface area contributed by atoms with Gasteiger partial charge in [0.1, 0.15) is 10.4 Å². The average Bonchev–Trinajstić information content (AvgIpc) is 4.16. The Bertz CT molecular complexity index is 3950. The Kier molecular flexibility index (Phi) is 8.76. The highest BCUT2D eigenvalue weighted by Gasteiger charge is 2.22. The summed E-state index contributed by atoms with van der Waals surface area (Å²) in [6.07, 6.45) is 0. The Morgan fingerprint density at radius 1 is 0.294 bits per heavy atom. The molecule has 68 heavy (non-hydrogen) atoms. The van der Waals surface area contributed by atoms with Gasteiger partial charge in [-0.1, -0.05) is 170 Å². The second-order valence-corrected chi connectivity index (χ2v) is 18.7. The van der Waals surface area contributed by atoms with E-state index in [-0.39, 0.29) is 0 Å². The molecule has 4 aromatic heterocycles. The Labute approximate surface area is 396 Å². The quantitative estimate of drug-likeness (QED) is 0.156. The minimum absolute atomic E-state index is 0.853. The second-order valence-electron chi connectivity index (χ2n) is 17.7. The van der Waals surface area contributed by atoms with Crippen molar-refractivity contribution in [1.82, 2.24) is 9.13 Å². The third-order valence-corrected chi connectivity index (χ3v) is 14.9. The summed E-state index contributed by atoms with van der Waals surface area (Å²) in [5, 5.41) is 7.25. The van der Waals surface area contributed by atoms with Gasteiger partial charge in [-0.05, 0) is 128 Å². The average molecular weight is 885 g/mol. The molecule has 0 radical (unpaired) electrons. The largest absolute Gasteiger partial charge is 0.439 e. The predicted molar refractivity (Wildman–Crippen MR) is 287 cm³/mol. The first-order valence-electron chi connectivity index (χ1n) is 23.1. The summed E-state index contributed by atoms with van der Waals surface area (Å²) in [4.78, 5) is 1.26. The number of furan rings is 1. The van der Waals surface area contributed by atoms with Crippen molar-refractivity contribution in [2.75, 3.05) is 0 Å². The van der Waals surface area contributed by atoms with Crippen LogP contribution in [0.2, 0.25) is 0 Å². The maximum Gasteiger partial charge on any atom is 0.213 e. The zero-order valence-electron chi connectivity index (χ0n) is 36.8. The Morgan fingerprint density at radius 2 is 0.721 bits per heavy atom. The number of benzene rings is 10. The molecule has 0 atom stereocenters. The van der Waals surface area contributed by atoms with Gasteiger partial charge in [0, 0.05) is 43.0 Å². The molecular weight excluding hydrogens is 845 g/mol. The fourth-order valence-corrected chi connectivity index (χ4v) is 11.7. The highest BCUT2D eigenvalue weighted by Crippen LogP contribution is 2.45. The van der Waals surface area contributed by atoms with Crippen molar-refractivity contribution in [2.45, 2.75) is 0 Å². The van der Waals surface area contributed by atoms with Crippen molar-refractivity contribution < 1.29 is 4.42 Å². The van der Waals surface area contributed by atoms with E-state index in [1.54, 1.807) is 0 Å². The monoisotopic (exact) mass is 884 g/mol. The summed E-state index contributed by atoms with van der Waals surface area (Å²) >= 11 is 1.87. The van der Waals surface area contributed by atoms with Gasteiger partial charge in [-0.25, -0.2) is 0 Å². The molecule has 0 amide bonds. The lowest BCUT2D eigenvalue weighted by Gasteiger charge is -2.11. The fraction of sp³-hybridized carbons (Fsp3) is 0. The molecule has 4 heterocycles. The zero-order valence-corrected chi connectivity index (χ0v) is 37.6. The first-order valence-corrected chi connectivity index (χ1v) is 24.0. The van der Waals surface area contributed by atoms with Crippen LogP contribution in [-0.2, 0) is 0 Å². The summed E-state index contributed by atoms with van der Waals surface area (Å²) in [6.45, 7) is 0. The van der Waals surface area contributed by atoms with Crippen LogP contribution in [-0.4, -0.2) is 9.13 Å². The summed E-state index contributed by atoms with van der Waals surface area (Å²) in [7, 11) is 0. The molecule has 0 N–H and O–H groups in total. The Hall–Kier alpha value is -8.70. The number of hydrogen-bond donors (Lipinski definition) is 0. The molecule has 0 spiro atoms. The lowest BCUT2D eigenvalue weighted by molar-refractivity contribution is 0.645. The SMILES string of the molecule is c1ccc(-c2cccc(-c3ccc(-n4c5ccc(-c6ccc7c(c6)c6c8ccccc8sc6n7-c6ccc(-c7cccc(-c8ccccc8)c7)cc6)cc5c5c6ccccc6oc54)cc3)c2)cc1. The van der Waals surface area contributed by atoms with Crippen molar-refractivity contribution in [2.24, 2.45) is 0 Å². The molecule has 14 aromatic rings. The van der Waals surface area contributed by atoms with Crippen LogP contribution in [0.5, 0.6) is 0 Å². The van der Waals surface area contributed by atoms with E-state index in [1.165, 1.54) is 92.2 Å². The molecule has 3 nitrogen and oxygen atoms in total. The van der Waals surface area contributed by atoms with E-state index < -0.39 is 0 Å². The van der Waals surface area contributed by atoms with Crippen molar-refractivity contribution in [3.8, 4) is 67.0 Å². The van der Waals surface area contributed by atoms with E-state index in [0.717, 1.165) is 39.0 Å². The van der Waals surface area contributed by atoms with Crippen LogP contribution in [0.3, 0.4) is 0 Å². The molecule has 0 aliphatic carbocycles. The van der Waals surface area contributed by atoms with E-state index >= 15 is 0 Å². The Morgan fingerprint density at radius 3 is 1.31 bits per heavy atom. The summed E-state index contributed by atoms with van der Waals surface area (Å²) in [6, 6.07) is 87.9. The minimum Gasteiger partial charge on any atom is -0.439 e. The minimum atomic E-state index is 0.853. The predicted octanol–water partition coefficient (Wildman–Crippen LogP) is 18.2. The van der Waals surface area contributed by atoms with Gasteiger partial charge in [0.25, 0.3) is 0 Å². The van der Waals surface area contributed by atoms with Crippen LogP contribution in [0.1, 0.15) is 0 Å².